The standard InChI is InChI=1S/C13H16ClN3O3/c1-8(15)9-4-5-16(7-9)13(18)11-6-10(17(19)20)2-3-12(11)14/h2-3,6,8-9H,4-5,7,15H2,1H3. The van der Waals surface area contributed by atoms with E-state index in [1.807, 2.05) is 6.92 Å². The number of carbonyl (C=O) groups excluding carboxylic acids is 1. The molecule has 1 aromatic rings. The summed E-state index contributed by atoms with van der Waals surface area (Å²) in [6, 6.07) is 3.91. The smallest absolute Gasteiger partial charge is 0.270 e. The van der Waals surface area contributed by atoms with Gasteiger partial charge in [0.25, 0.3) is 11.6 Å². The molecule has 0 spiro atoms. The lowest BCUT2D eigenvalue weighted by Crippen LogP contribution is -2.33. The van der Waals surface area contributed by atoms with E-state index < -0.39 is 4.92 Å². The summed E-state index contributed by atoms with van der Waals surface area (Å²) in [5.74, 6) is -0.0155. The zero-order valence-corrected chi connectivity index (χ0v) is 11.8. The second-order valence-electron chi connectivity index (χ2n) is 5.08. The Morgan fingerprint density at radius 3 is 2.85 bits per heavy atom. The summed E-state index contributed by atoms with van der Waals surface area (Å²) >= 11 is 5.98. The van der Waals surface area contributed by atoms with Crippen LogP contribution in [0.3, 0.4) is 0 Å². The van der Waals surface area contributed by atoms with Gasteiger partial charge in [0.15, 0.2) is 0 Å². The predicted octanol–water partition coefficient (Wildman–Crippen LogP) is 2.06. The van der Waals surface area contributed by atoms with E-state index in [0.29, 0.717) is 13.1 Å². The lowest BCUT2D eigenvalue weighted by atomic mass is 10.0. The Hall–Kier alpha value is -1.66. The normalized spacial score (nSPS) is 19.9. The van der Waals surface area contributed by atoms with E-state index in [9.17, 15) is 14.9 Å². The van der Waals surface area contributed by atoms with Gasteiger partial charge in [-0.05, 0) is 25.3 Å². The number of hydrogen-bond donors (Lipinski definition) is 1. The maximum atomic E-state index is 12.4. The first-order valence-electron chi connectivity index (χ1n) is 6.39. The molecule has 1 aliphatic heterocycles. The highest BCUT2D eigenvalue weighted by Crippen LogP contribution is 2.26. The SMILES string of the molecule is CC(N)C1CCN(C(=O)c2cc([N+](=O)[O-])ccc2Cl)C1. The quantitative estimate of drug-likeness (QED) is 0.683. The molecule has 1 heterocycles. The van der Waals surface area contributed by atoms with Gasteiger partial charge in [0.1, 0.15) is 0 Å². The van der Waals surface area contributed by atoms with Gasteiger partial charge in [-0.25, -0.2) is 0 Å². The van der Waals surface area contributed by atoms with Gasteiger partial charge in [-0.2, -0.15) is 0 Å². The first kappa shape index (κ1) is 14.7. The van der Waals surface area contributed by atoms with Crippen LogP contribution < -0.4 is 5.73 Å². The second-order valence-corrected chi connectivity index (χ2v) is 5.49. The van der Waals surface area contributed by atoms with Crippen LogP contribution in [0.25, 0.3) is 0 Å². The van der Waals surface area contributed by atoms with Crippen molar-refractivity contribution in [2.24, 2.45) is 11.7 Å². The van der Waals surface area contributed by atoms with E-state index in [-0.39, 0.29) is 34.1 Å². The van der Waals surface area contributed by atoms with E-state index in [2.05, 4.69) is 0 Å². The van der Waals surface area contributed by atoms with Crippen molar-refractivity contribution >= 4 is 23.2 Å². The Labute approximate surface area is 121 Å². The third-order valence-electron chi connectivity index (χ3n) is 3.65. The average Bonchev–Trinajstić information content (AvgIpc) is 2.88. The van der Waals surface area contributed by atoms with Crippen molar-refractivity contribution in [1.29, 1.82) is 0 Å². The average molecular weight is 298 g/mol. The molecule has 0 aromatic heterocycles. The van der Waals surface area contributed by atoms with Gasteiger partial charge < -0.3 is 10.6 Å². The van der Waals surface area contributed by atoms with Gasteiger partial charge >= 0.3 is 0 Å². The summed E-state index contributed by atoms with van der Waals surface area (Å²) in [6.07, 6.45) is 0.843. The Bertz CT molecular complexity index is 548. The second kappa shape index (κ2) is 5.76. The number of likely N-dealkylation sites (tertiary alicyclic amines) is 1. The Kier molecular flexibility index (Phi) is 4.25. The molecule has 0 aliphatic carbocycles. The number of benzene rings is 1. The maximum absolute atomic E-state index is 12.4. The van der Waals surface area contributed by atoms with Crippen LogP contribution in [0, 0.1) is 16.0 Å². The minimum absolute atomic E-state index is 0.0216. The minimum atomic E-state index is -0.540. The number of nitro groups is 1. The summed E-state index contributed by atoms with van der Waals surface area (Å²) in [4.78, 5) is 24.3. The molecule has 0 saturated carbocycles. The third-order valence-corrected chi connectivity index (χ3v) is 3.98. The number of nitrogens with two attached hydrogens (primary N) is 1. The van der Waals surface area contributed by atoms with Gasteiger partial charge in [-0.3, -0.25) is 14.9 Å². The van der Waals surface area contributed by atoms with Crippen LogP contribution in [0.2, 0.25) is 5.02 Å². The van der Waals surface area contributed by atoms with Gasteiger partial charge in [-0.1, -0.05) is 11.6 Å². The highest BCUT2D eigenvalue weighted by molar-refractivity contribution is 6.33. The van der Waals surface area contributed by atoms with Gasteiger partial charge in [-0.15, -0.1) is 0 Å². The highest BCUT2D eigenvalue weighted by Gasteiger charge is 2.30. The minimum Gasteiger partial charge on any atom is -0.338 e. The van der Waals surface area contributed by atoms with Crippen molar-refractivity contribution in [1.82, 2.24) is 4.90 Å². The third kappa shape index (κ3) is 2.91. The monoisotopic (exact) mass is 297 g/mol. The first-order chi connectivity index (χ1) is 9.40. The van der Waals surface area contributed by atoms with Crippen LogP contribution in [0.5, 0.6) is 0 Å². The van der Waals surface area contributed by atoms with E-state index >= 15 is 0 Å². The fraction of sp³-hybridized carbons (Fsp3) is 0.462. The number of halogens is 1. The number of carbonyl (C=O) groups is 1. The first-order valence-corrected chi connectivity index (χ1v) is 6.76. The van der Waals surface area contributed by atoms with Gasteiger partial charge in [0.05, 0.1) is 15.5 Å². The Morgan fingerprint density at radius 1 is 1.60 bits per heavy atom. The summed E-state index contributed by atoms with van der Waals surface area (Å²) in [6.45, 7) is 3.08. The van der Waals surface area contributed by atoms with Gasteiger partial charge in [0.2, 0.25) is 0 Å². The Morgan fingerprint density at radius 2 is 2.30 bits per heavy atom. The fourth-order valence-electron chi connectivity index (χ4n) is 2.36. The number of hydrogen-bond acceptors (Lipinski definition) is 4. The van der Waals surface area contributed by atoms with Crippen LogP contribution in [-0.4, -0.2) is 34.9 Å². The molecule has 2 atom stereocenters. The van der Waals surface area contributed by atoms with Crippen molar-refractivity contribution in [2.45, 2.75) is 19.4 Å². The van der Waals surface area contributed by atoms with Crippen molar-refractivity contribution in [2.75, 3.05) is 13.1 Å². The molecule has 1 aromatic carbocycles. The zero-order valence-electron chi connectivity index (χ0n) is 11.1. The molecule has 0 radical (unpaired) electrons. The molecular weight excluding hydrogens is 282 g/mol. The van der Waals surface area contributed by atoms with E-state index in [1.165, 1.54) is 18.2 Å². The van der Waals surface area contributed by atoms with Crippen LogP contribution in [-0.2, 0) is 0 Å². The molecule has 20 heavy (non-hydrogen) atoms. The van der Waals surface area contributed by atoms with E-state index in [4.69, 9.17) is 17.3 Å². The van der Waals surface area contributed by atoms with E-state index in [0.717, 1.165) is 6.42 Å². The summed E-state index contributed by atoms with van der Waals surface area (Å²) in [5.41, 5.74) is 5.87. The van der Waals surface area contributed by atoms with Crippen LogP contribution in [0.15, 0.2) is 18.2 Å². The lowest BCUT2D eigenvalue weighted by molar-refractivity contribution is -0.384. The number of nitro benzene ring substituents is 1. The fourth-order valence-corrected chi connectivity index (χ4v) is 2.56. The molecule has 1 saturated heterocycles. The highest BCUT2D eigenvalue weighted by atomic mass is 35.5. The largest absolute Gasteiger partial charge is 0.338 e. The molecular formula is C13H16ClN3O3. The van der Waals surface area contributed by atoms with Crippen molar-refractivity contribution < 1.29 is 9.72 Å². The molecule has 1 fully saturated rings. The summed E-state index contributed by atoms with van der Waals surface area (Å²) in [7, 11) is 0. The molecule has 2 N–H and O–H groups in total. The molecule has 1 amide bonds. The maximum Gasteiger partial charge on any atom is 0.270 e. The topological polar surface area (TPSA) is 89.5 Å². The summed E-state index contributed by atoms with van der Waals surface area (Å²) < 4.78 is 0. The van der Waals surface area contributed by atoms with E-state index in [1.54, 1.807) is 4.90 Å². The van der Waals surface area contributed by atoms with Crippen molar-refractivity contribution in [3.63, 3.8) is 0 Å². The molecule has 1 aliphatic rings. The lowest BCUT2D eigenvalue weighted by Gasteiger charge is -2.18. The van der Waals surface area contributed by atoms with Crippen LogP contribution >= 0.6 is 11.6 Å². The molecule has 2 rings (SSSR count). The number of nitrogens with zero attached hydrogens (tertiary/aromatic N) is 2. The molecule has 0 bridgehead atoms. The molecule has 108 valence electrons. The van der Waals surface area contributed by atoms with Gasteiger partial charge in [0, 0.05) is 31.3 Å². The number of non-ortho nitro benzene ring substituents is 1. The van der Waals surface area contributed by atoms with Crippen molar-refractivity contribution in [3.05, 3.63) is 38.9 Å². The van der Waals surface area contributed by atoms with Crippen LogP contribution in [0.4, 0.5) is 5.69 Å². The van der Waals surface area contributed by atoms with Crippen molar-refractivity contribution in [3.8, 4) is 0 Å². The Balaban J connectivity index is 2.21. The zero-order chi connectivity index (χ0) is 14.9. The number of rotatable bonds is 3. The predicted molar refractivity (Wildman–Crippen MR) is 75.8 cm³/mol. The van der Waals surface area contributed by atoms with Crippen LogP contribution in [0.1, 0.15) is 23.7 Å². The molecule has 6 nitrogen and oxygen atoms in total. The molecule has 2 unspecified atom stereocenters. The number of amides is 1. The molecule has 7 heteroatoms. The summed E-state index contributed by atoms with van der Waals surface area (Å²) in [5, 5.41) is 11.0.